The van der Waals surface area contributed by atoms with Crippen molar-refractivity contribution in [2.75, 3.05) is 33.3 Å². The van der Waals surface area contributed by atoms with Crippen molar-refractivity contribution < 1.29 is 4.74 Å². The Balaban J connectivity index is 2.36. The smallest absolute Gasteiger partial charge is 0.0724 e. The fourth-order valence-electron chi connectivity index (χ4n) is 2.63. The van der Waals surface area contributed by atoms with Crippen molar-refractivity contribution in [2.45, 2.75) is 39.2 Å². The van der Waals surface area contributed by atoms with Gasteiger partial charge in [-0.25, -0.2) is 0 Å². The SMILES string of the molecule is CCCC(CN)CN1CCC(C)C(OC)C1. The molecule has 3 atom stereocenters. The van der Waals surface area contributed by atoms with E-state index in [0.29, 0.717) is 17.9 Å². The fraction of sp³-hybridized carbons (Fsp3) is 1.00. The van der Waals surface area contributed by atoms with E-state index in [1.165, 1.54) is 25.8 Å². The van der Waals surface area contributed by atoms with Gasteiger partial charge in [0.1, 0.15) is 0 Å². The van der Waals surface area contributed by atoms with Crippen LogP contribution in [0.1, 0.15) is 33.1 Å². The highest BCUT2D eigenvalue weighted by Crippen LogP contribution is 2.20. The molecule has 0 aromatic rings. The number of hydrogen-bond donors (Lipinski definition) is 1. The van der Waals surface area contributed by atoms with Crippen molar-refractivity contribution >= 4 is 0 Å². The summed E-state index contributed by atoms with van der Waals surface area (Å²) in [6.45, 7) is 8.78. The van der Waals surface area contributed by atoms with Crippen LogP contribution in [-0.4, -0.2) is 44.3 Å². The average Bonchev–Trinajstić information content (AvgIpc) is 2.30. The molecule has 0 radical (unpaired) electrons. The van der Waals surface area contributed by atoms with Crippen LogP contribution < -0.4 is 5.73 Å². The number of ether oxygens (including phenoxy) is 1. The number of nitrogens with two attached hydrogens (primary N) is 1. The Labute approximate surface area is 100 Å². The van der Waals surface area contributed by atoms with Crippen LogP contribution in [0.5, 0.6) is 0 Å². The molecule has 3 heteroatoms. The molecule has 0 spiro atoms. The van der Waals surface area contributed by atoms with Gasteiger partial charge in [0.15, 0.2) is 0 Å². The van der Waals surface area contributed by atoms with Crippen molar-refractivity contribution in [3.05, 3.63) is 0 Å². The van der Waals surface area contributed by atoms with Crippen LogP contribution in [-0.2, 0) is 4.74 Å². The maximum atomic E-state index is 5.81. The minimum atomic E-state index is 0.411. The van der Waals surface area contributed by atoms with Gasteiger partial charge in [-0.05, 0) is 37.8 Å². The molecular formula is C13H28N2O. The van der Waals surface area contributed by atoms with Gasteiger partial charge in [0.2, 0.25) is 0 Å². The van der Waals surface area contributed by atoms with Gasteiger partial charge >= 0.3 is 0 Å². The van der Waals surface area contributed by atoms with Crippen LogP contribution in [0.4, 0.5) is 0 Å². The van der Waals surface area contributed by atoms with Crippen molar-refractivity contribution in [1.82, 2.24) is 4.90 Å². The minimum Gasteiger partial charge on any atom is -0.380 e. The van der Waals surface area contributed by atoms with Crippen LogP contribution in [0, 0.1) is 11.8 Å². The first-order chi connectivity index (χ1) is 7.71. The van der Waals surface area contributed by atoms with Gasteiger partial charge in [-0.1, -0.05) is 20.3 Å². The summed E-state index contributed by atoms with van der Waals surface area (Å²) in [6, 6.07) is 0. The normalized spacial score (nSPS) is 29.2. The van der Waals surface area contributed by atoms with Gasteiger partial charge in [0, 0.05) is 20.2 Å². The van der Waals surface area contributed by atoms with Crippen molar-refractivity contribution in [2.24, 2.45) is 17.6 Å². The molecule has 0 saturated carbocycles. The molecule has 3 unspecified atom stereocenters. The fourth-order valence-corrected chi connectivity index (χ4v) is 2.63. The Bertz CT molecular complexity index is 187. The molecule has 1 aliphatic rings. The lowest BCUT2D eigenvalue weighted by atomic mass is 9.94. The third-order valence-corrected chi connectivity index (χ3v) is 3.82. The minimum absolute atomic E-state index is 0.411. The molecular weight excluding hydrogens is 200 g/mol. The molecule has 16 heavy (non-hydrogen) atoms. The molecule has 1 fully saturated rings. The Morgan fingerprint density at radius 1 is 1.50 bits per heavy atom. The maximum Gasteiger partial charge on any atom is 0.0724 e. The van der Waals surface area contributed by atoms with E-state index in [0.717, 1.165) is 19.6 Å². The zero-order chi connectivity index (χ0) is 12.0. The highest BCUT2D eigenvalue weighted by Gasteiger charge is 2.26. The Morgan fingerprint density at radius 2 is 2.25 bits per heavy atom. The molecule has 0 bridgehead atoms. The van der Waals surface area contributed by atoms with Crippen LogP contribution in [0.2, 0.25) is 0 Å². The lowest BCUT2D eigenvalue weighted by Gasteiger charge is -2.37. The van der Waals surface area contributed by atoms with Crippen LogP contribution in [0.15, 0.2) is 0 Å². The first-order valence-corrected chi connectivity index (χ1v) is 6.66. The second-order valence-electron chi connectivity index (χ2n) is 5.19. The maximum absolute atomic E-state index is 5.81. The van der Waals surface area contributed by atoms with Crippen LogP contribution in [0.3, 0.4) is 0 Å². The van der Waals surface area contributed by atoms with Crippen LogP contribution >= 0.6 is 0 Å². The first-order valence-electron chi connectivity index (χ1n) is 6.66. The first kappa shape index (κ1) is 13.9. The third kappa shape index (κ3) is 4.04. The van der Waals surface area contributed by atoms with Gasteiger partial charge in [-0.15, -0.1) is 0 Å². The van der Waals surface area contributed by atoms with Crippen LogP contribution in [0.25, 0.3) is 0 Å². The Morgan fingerprint density at radius 3 is 2.81 bits per heavy atom. The molecule has 0 aromatic carbocycles. The second kappa shape index (κ2) is 7.25. The Hall–Kier alpha value is -0.120. The quantitative estimate of drug-likeness (QED) is 0.752. The van der Waals surface area contributed by atoms with E-state index in [9.17, 15) is 0 Å². The average molecular weight is 228 g/mol. The van der Waals surface area contributed by atoms with E-state index < -0.39 is 0 Å². The number of piperidine rings is 1. The summed E-state index contributed by atoms with van der Waals surface area (Å²) in [5, 5.41) is 0. The lowest BCUT2D eigenvalue weighted by molar-refractivity contribution is -0.00925. The summed E-state index contributed by atoms with van der Waals surface area (Å²) in [5.41, 5.74) is 5.81. The summed E-state index contributed by atoms with van der Waals surface area (Å²) >= 11 is 0. The predicted octanol–water partition coefficient (Wildman–Crippen LogP) is 1.72. The van der Waals surface area contributed by atoms with E-state index in [4.69, 9.17) is 10.5 Å². The van der Waals surface area contributed by atoms with E-state index in [1.807, 2.05) is 7.11 Å². The summed E-state index contributed by atoms with van der Waals surface area (Å²) in [6.07, 6.45) is 4.15. The molecule has 1 saturated heterocycles. The standard InChI is InChI=1S/C13H28N2O/c1-4-5-12(8-14)9-15-7-6-11(2)13(10-15)16-3/h11-13H,4-10,14H2,1-3H3. The lowest BCUT2D eigenvalue weighted by Crippen LogP contribution is -2.46. The monoisotopic (exact) mass is 228 g/mol. The van der Waals surface area contributed by atoms with E-state index in [2.05, 4.69) is 18.7 Å². The number of rotatable bonds is 6. The van der Waals surface area contributed by atoms with Crippen molar-refractivity contribution in [1.29, 1.82) is 0 Å². The van der Waals surface area contributed by atoms with E-state index in [-0.39, 0.29) is 0 Å². The predicted molar refractivity (Wildman–Crippen MR) is 68.5 cm³/mol. The third-order valence-electron chi connectivity index (χ3n) is 3.82. The number of hydrogen-bond acceptors (Lipinski definition) is 3. The Kier molecular flexibility index (Phi) is 6.32. The number of methoxy groups -OCH3 is 1. The van der Waals surface area contributed by atoms with Gasteiger partial charge in [0.25, 0.3) is 0 Å². The summed E-state index contributed by atoms with van der Waals surface area (Å²) < 4.78 is 5.54. The molecule has 2 N–H and O–H groups in total. The van der Waals surface area contributed by atoms with E-state index in [1.54, 1.807) is 0 Å². The summed E-state index contributed by atoms with van der Waals surface area (Å²) in [5.74, 6) is 1.36. The van der Waals surface area contributed by atoms with Gasteiger partial charge < -0.3 is 15.4 Å². The molecule has 96 valence electrons. The topological polar surface area (TPSA) is 38.5 Å². The molecule has 0 amide bonds. The molecule has 3 nitrogen and oxygen atoms in total. The molecule has 1 heterocycles. The largest absolute Gasteiger partial charge is 0.380 e. The van der Waals surface area contributed by atoms with Gasteiger partial charge in [0.05, 0.1) is 6.10 Å². The summed E-state index contributed by atoms with van der Waals surface area (Å²) in [7, 11) is 1.83. The van der Waals surface area contributed by atoms with Gasteiger partial charge in [-0.2, -0.15) is 0 Å². The van der Waals surface area contributed by atoms with Crippen molar-refractivity contribution in [3.63, 3.8) is 0 Å². The van der Waals surface area contributed by atoms with Crippen molar-refractivity contribution in [3.8, 4) is 0 Å². The zero-order valence-electron chi connectivity index (χ0n) is 11.1. The van der Waals surface area contributed by atoms with Gasteiger partial charge in [-0.3, -0.25) is 0 Å². The molecule has 1 rings (SSSR count). The highest BCUT2D eigenvalue weighted by molar-refractivity contribution is 4.80. The summed E-state index contributed by atoms with van der Waals surface area (Å²) in [4.78, 5) is 2.53. The van der Waals surface area contributed by atoms with E-state index >= 15 is 0 Å². The molecule has 0 aliphatic carbocycles. The highest BCUT2D eigenvalue weighted by atomic mass is 16.5. The second-order valence-corrected chi connectivity index (χ2v) is 5.19. The number of likely N-dealkylation sites (tertiary alicyclic amines) is 1. The molecule has 1 aliphatic heterocycles. The molecule has 0 aromatic heterocycles. The number of nitrogens with zero attached hydrogens (tertiary/aromatic N) is 1. The zero-order valence-corrected chi connectivity index (χ0v) is 11.1.